The molecule has 86 valence electrons. The molecule has 0 spiro atoms. The van der Waals surface area contributed by atoms with E-state index in [1.807, 2.05) is 0 Å². The van der Waals surface area contributed by atoms with Gasteiger partial charge < -0.3 is 16.5 Å². The van der Waals surface area contributed by atoms with Crippen molar-refractivity contribution in [2.45, 2.75) is 6.54 Å². The molecule has 1 rings (SSSR count). The molecule has 0 radical (unpaired) electrons. The zero-order chi connectivity index (χ0) is 12.1. The Bertz CT molecular complexity index is 419. The average Bonchev–Trinajstić information content (AvgIpc) is 2.16. The topological polar surface area (TPSA) is 98.4 Å². The van der Waals surface area contributed by atoms with Crippen molar-refractivity contribution < 1.29 is 9.18 Å². The predicted octanol–water partition coefficient (Wildman–Crippen LogP) is -0.213. The molecule has 0 heterocycles. The molecule has 0 aromatic heterocycles. The van der Waals surface area contributed by atoms with Gasteiger partial charge in [-0.2, -0.15) is 0 Å². The highest BCUT2D eigenvalue weighted by Crippen LogP contribution is 2.05. The van der Waals surface area contributed by atoms with Crippen LogP contribution in [0.2, 0.25) is 0 Å². The summed E-state index contributed by atoms with van der Waals surface area (Å²) in [6.45, 7) is 0.228. The van der Waals surface area contributed by atoms with Crippen LogP contribution in [-0.2, 0) is 11.3 Å². The molecular weight excluding hydrogens is 211 g/mol. The molecule has 0 aliphatic rings. The van der Waals surface area contributed by atoms with Gasteiger partial charge in [0.25, 0.3) is 5.91 Å². The van der Waals surface area contributed by atoms with Crippen LogP contribution in [0, 0.1) is 5.82 Å². The fraction of sp³-hybridized carbons (Fsp3) is 0.100. The van der Waals surface area contributed by atoms with Gasteiger partial charge in [-0.3, -0.25) is 4.79 Å². The minimum Gasteiger partial charge on any atom is -0.393 e. The molecule has 5 nitrogen and oxygen atoms in total. The minimum atomic E-state index is -0.755. The summed E-state index contributed by atoms with van der Waals surface area (Å²) in [7, 11) is 0. The maximum absolute atomic E-state index is 12.8. The van der Waals surface area contributed by atoms with E-state index in [-0.39, 0.29) is 18.1 Å². The van der Waals surface area contributed by atoms with Crippen LogP contribution in [0.4, 0.5) is 4.39 Å². The van der Waals surface area contributed by atoms with Crippen molar-refractivity contribution in [3.05, 3.63) is 47.5 Å². The highest BCUT2D eigenvalue weighted by atomic mass is 19.1. The Hall–Kier alpha value is -2.08. The van der Waals surface area contributed by atoms with Crippen molar-refractivity contribution in [1.82, 2.24) is 5.01 Å². The van der Waals surface area contributed by atoms with E-state index in [4.69, 9.17) is 17.3 Å². The van der Waals surface area contributed by atoms with Crippen molar-refractivity contribution in [3.8, 4) is 0 Å². The predicted molar refractivity (Wildman–Crippen MR) is 57.6 cm³/mol. The molecule has 0 bridgehead atoms. The number of carbonyl (C=O) groups excluding carboxylic acids is 1. The quantitative estimate of drug-likeness (QED) is 0.374. The fourth-order valence-corrected chi connectivity index (χ4v) is 1.13. The van der Waals surface area contributed by atoms with Crippen LogP contribution in [0.25, 0.3) is 0 Å². The van der Waals surface area contributed by atoms with Gasteiger partial charge in [-0.05, 0) is 17.7 Å². The number of amides is 1. The Morgan fingerprint density at radius 2 is 2.12 bits per heavy atom. The molecule has 16 heavy (non-hydrogen) atoms. The molecule has 0 saturated heterocycles. The van der Waals surface area contributed by atoms with E-state index in [0.717, 1.165) is 5.01 Å². The normalized spacial score (nSPS) is 11.2. The number of halogens is 1. The van der Waals surface area contributed by atoms with E-state index < -0.39 is 5.91 Å². The summed E-state index contributed by atoms with van der Waals surface area (Å²) in [6.07, 6.45) is 1.20. The fourth-order valence-electron chi connectivity index (χ4n) is 1.13. The Balaban J connectivity index is 2.68. The third-order valence-electron chi connectivity index (χ3n) is 1.84. The van der Waals surface area contributed by atoms with Gasteiger partial charge in [0.1, 0.15) is 11.5 Å². The number of rotatable bonds is 4. The van der Waals surface area contributed by atoms with Gasteiger partial charge in [0.2, 0.25) is 0 Å². The highest BCUT2D eigenvalue weighted by molar-refractivity contribution is 5.90. The van der Waals surface area contributed by atoms with Gasteiger partial charge in [-0.15, -0.1) is 0 Å². The Kier molecular flexibility index (Phi) is 3.84. The van der Waals surface area contributed by atoms with E-state index in [1.165, 1.54) is 18.3 Å². The number of benzene rings is 1. The lowest BCUT2D eigenvalue weighted by molar-refractivity contribution is -0.114. The molecule has 1 aromatic rings. The Labute approximate surface area is 92.3 Å². The van der Waals surface area contributed by atoms with Crippen molar-refractivity contribution >= 4 is 5.91 Å². The van der Waals surface area contributed by atoms with Crippen molar-refractivity contribution in [2.75, 3.05) is 0 Å². The summed E-state index contributed by atoms with van der Waals surface area (Å²) in [5.41, 5.74) is 10.7. The third kappa shape index (κ3) is 3.58. The van der Waals surface area contributed by atoms with Gasteiger partial charge in [0.15, 0.2) is 0 Å². The zero-order valence-corrected chi connectivity index (χ0v) is 8.56. The first-order valence-electron chi connectivity index (χ1n) is 4.52. The van der Waals surface area contributed by atoms with Gasteiger partial charge in [-0.25, -0.2) is 10.2 Å². The molecule has 6 heteroatoms. The molecule has 0 atom stereocenters. The van der Waals surface area contributed by atoms with E-state index in [0.29, 0.717) is 5.56 Å². The molecule has 0 unspecified atom stereocenters. The number of primary amides is 1. The van der Waals surface area contributed by atoms with Crippen LogP contribution in [0.5, 0.6) is 0 Å². The van der Waals surface area contributed by atoms with E-state index in [2.05, 4.69) is 0 Å². The summed E-state index contributed by atoms with van der Waals surface area (Å²) in [6, 6.07) is 5.95. The van der Waals surface area contributed by atoms with Crippen LogP contribution in [-0.4, -0.2) is 10.9 Å². The molecule has 0 saturated carbocycles. The Morgan fingerprint density at radius 1 is 1.44 bits per heavy atom. The molecule has 1 amide bonds. The van der Waals surface area contributed by atoms with Crippen LogP contribution < -0.4 is 17.3 Å². The van der Waals surface area contributed by atoms with Crippen LogP contribution in [0.1, 0.15) is 5.56 Å². The molecular formula is C10H13FN4O. The lowest BCUT2D eigenvalue weighted by atomic mass is 10.2. The summed E-state index contributed by atoms with van der Waals surface area (Å²) in [4.78, 5) is 10.6. The lowest BCUT2D eigenvalue weighted by Gasteiger charge is -2.14. The number of nitrogens with two attached hydrogens (primary N) is 3. The smallest absolute Gasteiger partial charge is 0.266 e. The second kappa shape index (κ2) is 5.13. The molecule has 0 aliphatic carbocycles. The largest absolute Gasteiger partial charge is 0.393 e. The van der Waals surface area contributed by atoms with Gasteiger partial charge >= 0.3 is 0 Å². The summed E-state index contributed by atoms with van der Waals surface area (Å²) < 4.78 is 12.8. The molecule has 0 fully saturated rings. The first-order chi connectivity index (χ1) is 7.49. The number of nitrogens with zero attached hydrogens (tertiary/aromatic N) is 1. The van der Waals surface area contributed by atoms with Crippen LogP contribution in [0.15, 0.2) is 36.2 Å². The number of hydrogen-bond acceptors (Lipinski definition) is 4. The number of hydrazine groups is 1. The second-order valence-corrected chi connectivity index (χ2v) is 3.25. The van der Waals surface area contributed by atoms with Crippen LogP contribution in [0.3, 0.4) is 0 Å². The van der Waals surface area contributed by atoms with E-state index >= 15 is 0 Å². The first-order valence-corrected chi connectivity index (χ1v) is 4.52. The highest BCUT2D eigenvalue weighted by Gasteiger charge is 2.02. The SMILES string of the molecule is NC(=O)/C(N)=C/N(N)Cc1cccc(F)c1. The maximum atomic E-state index is 12.8. The van der Waals surface area contributed by atoms with Crippen molar-refractivity contribution in [1.29, 1.82) is 0 Å². The van der Waals surface area contributed by atoms with E-state index in [1.54, 1.807) is 12.1 Å². The monoisotopic (exact) mass is 224 g/mol. The molecule has 0 aliphatic heterocycles. The minimum absolute atomic E-state index is 0.154. The molecule has 6 N–H and O–H groups in total. The third-order valence-corrected chi connectivity index (χ3v) is 1.84. The Morgan fingerprint density at radius 3 is 2.69 bits per heavy atom. The van der Waals surface area contributed by atoms with Crippen molar-refractivity contribution in [3.63, 3.8) is 0 Å². The number of carbonyl (C=O) groups is 1. The van der Waals surface area contributed by atoms with E-state index in [9.17, 15) is 9.18 Å². The molecule has 1 aromatic carbocycles. The standard InChI is InChI=1S/C10H13FN4O/c11-8-3-1-2-7(4-8)5-15(14)6-9(12)10(13)16/h1-4,6H,5,12,14H2,(H2,13,16)/b9-6-. The summed E-state index contributed by atoms with van der Waals surface area (Å²) >= 11 is 0. The lowest BCUT2D eigenvalue weighted by Crippen LogP contribution is -2.29. The second-order valence-electron chi connectivity index (χ2n) is 3.25. The number of hydrogen-bond donors (Lipinski definition) is 3. The van der Waals surface area contributed by atoms with Gasteiger partial charge in [-0.1, -0.05) is 12.1 Å². The maximum Gasteiger partial charge on any atom is 0.266 e. The van der Waals surface area contributed by atoms with Crippen molar-refractivity contribution in [2.24, 2.45) is 17.3 Å². The van der Waals surface area contributed by atoms with Gasteiger partial charge in [0.05, 0.1) is 6.54 Å². The first kappa shape index (κ1) is 12.0. The summed E-state index contributed by atoms with van der Waals surface area (Å²) in [5.74, 6) is 4.44. The summed E-state index contributed by atoms with van der Waals surface area (Å²) in [5, 5.41) is 1.16. The van der Waals surface area contributed by atoms with Crippen LogP contribution >= 0.6 is 0 Å². The zero-order valence-electron chi connectivity index (χ0n) is 8.56. The average molecular weight is 224 g/mol. The van der Waals surface area contributed by atoms with Gasteiger partial charge in [0, 0.05) is 6.20 Å².